The first kappa shape index (κ1) is 18.5. The van der Waals surface area contributed by atoms with Gasteiger partial charge in [0.05, 0.1) is 6.10 Å². The van der Waals surface area contributed by atoms with E-state index in [2.05, 4.69) is 10.6 Å². The standard InChI is InChI=1S/C18H34N2O3/c1-18(2,3)23-17(21)20-15-12-14(13-15)19-10-7-11-22-16-8-5-4-6-9-16/h14-16,19H,4-13H2,1-3H3,(H,20,21). The maximum absolute atomic E-state index is 11.6. The normalized spacial score (nSPS) is 25.7. The fourth-order valence-corrected chi connectivity index (χ4v) is 3.24. The van der Waals surface area contributed by atoms with Crippen molar-refractivity contribution in [1.82, 2.24) is 10.6 Å². The SMILES string of the molecule is CC(C)(C)OC(=O)NC1CC(NCCCOC2CCCCC2)C1. The van der Waals surface area contributed by atoms with Crippen LogP contribution in [0, 0.1) is 0 Å². The molecule has 2 saturated carbocycles. The number of ether oxygens (including phenoxy) is 2. The number of hydrogen-bond acceptors (Lipinski definition) is 4. The van der Waals surface area contributed by atoms with Crippen LogP contribution in [0.25, 0.3) is 0 Å². The average Bonchev–Trinajstić information content (AvgIpc) is 2.43. The van der Waals surface area contributed by atoms with Gasteiger partial charge >= 0.3 is 6.09 Å². The molecule has 0 saturated heterocycles. The Hall–Kier alpha value is -0.810. The van der Waals surface area contributed by atoms with Gasteiger partial charge in [-0.2, -0.15) is 0 Å². The van der Waals surface area contributed by atoms with E-state index in [1.165, 1.54) is 32.1 Å². The summed E-state index contributed by atoms with van der Waals surface area (Å²) in [6, 6.07) is 0.769. The monoisotopic (exact) mass is 326 g/mol. The van der Waals surface area contributed by atoms with Gasteiger partial charge in [-0.05, 0) is 59.4 Å². The zero-order valence-electron chi connectivity index (χ0n) is 15.0. The molecule has 2 fully saturated rings. The molecule has 0 aromatic carbocycles. The van der Waals surface area contributed by atoms with E-state index in [-0.39, 0.29) is 12.1 Å². The number of amides is 1. The number of carbonyl (C=O) groups is 1. The molecule has 0 radical (unpaired) electrons. The Kier molecular flexibility index (Phi) is 7.15. The number of nitrogens with one attached hydrogen (secondary N) is 2. The minimum Gasteiger partial charge on any atom is -0.444 e. The first-order valence-corrected chi connectivity index (χ1v) is 9.27. The highest BCUT2D eigenvalue weighted by molar-refractivity contribution is 5.68. The third-order valence-corrected chi connectivity index (χ3v) is 4.52. The fourth-order valence-electron chi connectivity index (χ4n) is 3.24. The Morgan fingerprint density at radius 2 is 1.78 bits per heavy atom. The van der Waals surface area contributed by atoms with Crippen LogP contribution in [0.1, 0.15) is 72.1 Å². The largest absolute Gasteiger partial charge is 0.444 e. The van der Waals surface area contributed by atoms with E-state index in [1.807, 2.05) is 20.8 Å². The predicted octanol–water partition coefficient (Wildman–Crippen LogP) is 3.37. The molecule has 0 heterocycles. The van der Waals surface area contributed by atoms with E-state index in [4.69, 9.17) is 9.47 Å². The van der Waals surface area contributed by atoms with Gasteiger partial charge in [0.15, 0.2) is 0 Å². The molecule has 23 heavy (non-hydrogen) atoms. The molecule has 0 atom stereocenters. The van der Waals surface area contributed by atoms with Gasteiger partial charge in [-0.3, -0.25) is 0 Å². The molecular weight excluding hydrogens is 292 g/mol. The summed E-state index contributed by atoms with van der Waals surface area (Å²) in [5, 5.41) is 6.46. The lowest BCUT2D eigenvalue weighted by Crippen LogP contribution is -2.53. The number of carbonyl (C=O) groups excluding carboxylic acids is 1. The molecule has 5 nitrogen and oxygen atoms in total. The molecule has 0 unspecified atom stereocenters. The van der Waals surface area contributed by atoms with E-state index in [1.54, 1.807) is 0 Å². The highest BCUT2D eigenvalue weighted by atomic mass is 16.6. The summed E-state index contributed by atoms with van der Waals surface area (Å²) in [7, 11) is 0. The van der Waals surface area contributed by atoms with Crippen molar-refractivity contribution < 1.29 is 14.3 Å². The summed E-state index contributed by atoms with van der Waals surface area (Å²) in [6.45, 7) is 7.51. The van der Waals surface area contributed by atoms with Crippen LogP contribution < -0.4 is 10.6 Å². The molecule has 0 aromatic rings. The van der Waals surface area contributed by atoms with E-state index in [9.17, 15) is 4.79 Å². The second-order valence-corrected chi connectivity index (χ2v) is 7.95. The minimum atomic E-state index is -0.427. The zero-order chi connectivity index (χ0) is 16.7. The first-order valence-electron chi connectivity index (χ1n) is 9.27. The fraction of sp³-hybridized carbons (Fsp3) is 0.944. The Morgan fingerprint density at radius 1 is 1.09 bits per heavy atom. The summed E-state index contributed by atoms with van der Waals surface area (Å²) in [5.41, 5.74) is -0.427. The molecule has 0 aromatic heterocycles. The summed E-state index contributed by atoms with van der Waals surface area (Å²) in [5.74, 6) is 0. The van der Waals surface area contributed by atoms with Gasteiger partial charge in [-0.1, -0.05) is 19.3 Å². The molecule has 2 aliphatic carbocycles. The van der Waals surface area contributed by atoms with Gasteiger partial charge < -0.3 is 20.1 Å². The van der Waals surface area contributed by atoms with E-state index < -0.39 is 5.60 Å². The third kappa shape index (κ3) is 7.53. The number of alkyl carbamates (subject to hydrolysis) is 1. The molecule has 2 rings (SSSR count). The summed E-state index contributed by atoms with van der Waals surface area (Å²) < 4.78 is 11.2. The molecule has 134 valence electrons. The molecule has 1 amide bonds. The smallest absolute Gasteiger partial charge is 0.407 e. The quantitative estimate of drug-likeness (QED) is 0.704. The van der Waals surface area contributed by atoms with Crippen LogP contribution in [-0.2, 0) is 9.47 Å². The average molecular weight is 326 g/mol. The van der Waals surface area contributed by atoms with Gasteiger partial charge in [0.1, 0.15) is 5.60 Å². The van der Waals surface area contributed by atoms with Crippen LogP contribution in [0.3, 0.4) is 0 Å². The van der Waals surface area contributed by atoms with Crippen molar-refractivity contribution >= 4 is 6.09 Å². The first-order chi connectivity index (χ1) is 10.9. The Bertz CT molecular complexity index is 356. The van der Waals surface area contributed by atoms with Crippen molar-refractivity contribution in [3.05, 3.63) is 0 Å². The molecular formula is C18H34N2O3. The Morgan fingerprint density at radius 3 is 2.43 bits per heavy atom. The molecule has 0 bridgehead atoms. The van der Waals surface area contributed by atoms with Gasteiger partial charge in [-0.15, -0.1) is 0 Å². The lowest BCUT2D eigenvalue weighted by Gasteiger charge is -2.36. The van der Waals surface area contributed by atoms with Crippen LogP contribution in [0.5, 0.6) is 0 Å². The highest BCUT2D eigenvalue weighted by Crippen LogP contribution is 2.21. The van der Waals surface area contributed by atoms with Gasteiger partial charge in [0.25, 0.3) is 0 Å². The van der Waals surface area contributed by atoms with Crippen molar-refractivity contribution in [1.29, 1.82) is 0 Å². The molecule has 0 spiro atoms. The maximum atomic E-state index is 11.6. The summed E-state index contributed by atoms with van der Waals surface area (Å²) in [4.78, 5) is 11.6. The van der Waals surface area contributed by atoms with Crippen LogP contribution >= 0.6 is 0 Å². The second-order valence-electron chi connectivity index (χ2n) is 7.95. The molecule has 5 heteroatoms. The van der Waals surface area contributed by atoms with Gasteiger partial charge in [-0.25, -0.2) is 4.79 Å². The molecule has 0 aliphatic heterocycles. The summed E-state index contributed by atoms with van der Waals surface area (Å²) in [6.07, 6.45) is 9.78. The Labute approximate surface area is 140 Å². The van der Waals surface area contributed by atoms with Crippen LogP contribution in [0.4, 0.5) is 4.79 Å². The number of hydrogen-bond donors (Lipinski definition) is 2. The Balaban J connectivity index is 1.43. The topological polar surface area (TPSA) is 59.6 Å². The zero-order valence-corrected chi connectivity index (χ0v) is 15.0. The van der Waals surface area contributed by atoms with Gasteiger partial charge in [0, 0.05) is 18.7 Å². The van der Waals surface area contributed by atoms with E-state index >= 15 is 0 Å². The predicted molar refractivity (Wildman–Crippen MR) is 91.6 cm³/mol. The summed E-state index contributed by atoms with van der Waals surface area (Å²) >= 11 is 0. The van der Waals surface area contributed by atoms with Crippen molar-refractivity contribution in [2.24, 2.45) is 0 Å². The van der Waals surface area contributed by atoms with Crippen LogP contribution in [-0.4, -0.2) is 43.0 Å². The molecule has 2 N–H and O–H groups in total. The lowest BCUT2D eigenvalue weighted by molar-refractivity contribution is 0.0266. The highest BCUT2D eigenvalue weighted by Gasteiger charge is 2.31. The van der Waals surface area contributed by atoms with Crippen molar-refractivity contribution in [3.63, 3.8) is 0 Å². The van der Waals surface area contributed by atoms with Crippen LogP contribution in [0.2, 0.25) is 0 Å². The third-order valence-electron chi connectivity index (χ3n) is 4.52. The minimum absolute atomic E-state index is 0.251. The number of rotatable bonds is 7. The van der Waals surface area contributed by atoms with Crippen molar-refractivity contribution in [3.8, 4) is 0 Å². The van der Waals surface area contributed by atoms with Crippen molar-refractivity contribution in [2.75, 3.05) is 13.2 Å². The molecule has 2 aliphatic rings. The maximum Gasteiger partial charge on any atom is 0.407 e. The van der Waals surface area contributed by atoms with Crippen molar-refractivity contribution in [2.45, 2.75) is 95.9 Å². The van der Waals surface area contributed by atoms with E-state index in [0.717, 1.165) is 32.4 Å². The lowest BCUT2D eigenvalue weighted by atomic mass is 9.87. The van der Waals surface area contributed by atoms with Gasteiger partial charge in [0.2, 0.25) is 0 Å². The van der Waals surface area contributed by atoms with Crippen LogP contribution in [0.15, 0.2) is 0 Å². The van der Waals surface area contributed by atoms with E-state index in [0.29, 0.717) is 12.1 Å². The second kappa shape index (κ2) is 8.88.